The number of thiophene rings is 3. The Labute approximate surface area is 797 Å². The second kappa shape index (κ2) is 31.8. The van der Waals surface area contributed by atoms with E-state index in [1.165, 1.54) is 193 Å². The van der Waals surface area contributed by atoms with E-state index in [1.54, 1.807) is 0 Å². The molecule has 0 bridgehead atoms. The van der Waals surface area contributed by atoms with E-state index < -0.39 is 0 Å². The standard InChI is InChI=1S/C44H27NOS.2C42H25NOS/c1-3-13-28(14-4-1)32-20-11-22-37-41-34(21-12-24-39(41)46-43(32)37)33-18-8-7-17-31(33)29-25-26-36-40(27-29)47-44-35-19-9-10-23-38(35)45(42(36)44)30-15-5-2-6-16-30;1-2-12-30(13-3-1)43-37-17-9-8-16-34(37)42-41(43)36-23-28(19-21-40(36)45-42)31-14-6-7-15-32(31)29-18-20-33-35-22-26-10-4-5-11-27(26)24-39(35)44-38(33)25-29;1-2-11-29(12-3-1)43-36-17-9-8-16-33(36)42-41(43)35-24-27(20-23-39(35)45-42)30-13-6-7-14-31(30)28-18-21-34-38(25-28)44-37-22-19-26-10-4-5-15-32(26)40(34)37/h1-27H;2*1-25H. The topological polar surface area (TPSA) is 54.2 Å². The lowest BCUT2D eigenvalue weighted by Crippen LogP contribution is -1.93. The highest BCUT2D eigenvalue weighted by Gasteiger charge is 2.26. The quantitative estimate of drug-likeness (QED) is 0.137. The molecule has 640 valence electrons. The Morgan fingerprint density at radius 3 is 1.09 bits per heavy atom. The molecule has 0 atom stereocenters. The van der Waals surface area contributed by atoms with Gasteiger partial charge in [0.2, 0.25) is 0 Å². The lowest BCUT2D eigenvalue weighted by molar-refractivity contribution is 0.669. The summed E-state index contributed by atoms with van der Waals surface area (Å²) in [4.78, 5) is 0. The summed E-state index contributed by atoms with van der Waals surface area (Å²) in [5.74, 6) is 0. The van der Waals surface area contributed by atoms with Gasteiger partial charge < -0.3 is 27.0 Å². The van der Waals surface area contributed by atoms with Crippen molar-refractivity contribution in [2.24, 2.45) is 0 Å². The van der Waals surface area contributed by atoms with Crippen LogP contribution in [-0.2, 0) is 0 Å². The van der Waals surface area contributed by atoms with Gasteiger partial charge in [0.1, 0.15) is 33.5 Å². The van der Waals surface area contributed by atoms with Gasteiger partial charge in [0.15, 0.2) is 0 Å². The van der Waals surface area contributed by atoms with Crippen molar-refractivity contribution in [3.8, 4) is 95.0 Å². The number of benzene rings is 21. The van der Waals surface area contributed by atoms with Crippen LogP contribution in [0.4, 0.5) is 0 Å². The summed E-state index contributed by atoms with van der Waals surface area (Å²) in [6.07, 6.45) is 0. The van der Waals surface area contributed by atoms with Gasteiger partial charge in [-0.2, -0.15) is 0 Å². The molecule has 30 aromatic rings. The highest BCUT2D eigenvalue weighted by atomic mass is 32.1. The van der Waals surface area contributed by atoms with Crippen LogP contribution in [0.1, 0.15) is 0 Å². The average Bonchev–Trinajstić information content (AvgIpc) is 1.57. The first-order valence-corrected chi connectivity index (χ1v) is 48.9. The molecule has 137 heavy (non-hydrogen) atoms. The van der Waals surface area contributed by atoms with E-state index in [0.717, 1.165) is 82.7 Å². The summed E-state index contributed by atoms with van der Waals surface area (Å²) < 4.78 is 34.7. The van der Waals surface area contributed by atoms with E-state index >= 15 is 0 Å². The smallest absolute Gasteiger partial charge is 0.143 e. The SMILES string of the molecule is c1ccc(-c2cccc3c2oc2cccc(-c4ccccc4-c4ccc5c(c4)sc4c6ccccc6n(-c6ccccc6)c54)c23)cc1.c1ccc(-n2c3ccccc3c3sc4ccc(-c5ccccc5-c5ccc6c(c5)oc5cc7ccccc7cc56)cc4c32)cc1.c1ccc(-n2c3ccccc3c3sc4ccc(-c5ccccc5-c5ccc6c(c5)oc5ccc7ccccc7c56)cc4c32)cc1. The first kappa shape index (κ1) is 78.5. The highest BCUT2D eigenvalue weighted by molar-refractivity contribution is 7.27. The Bertz CT molecular complexity index is 10100. The van der Waals surface area contributed by atoms with Crippen molar-refractivity contribution in [2.45, 2.75) is 0 Å². The Balaban J connectivity index is 0.000000102. The molecule has 9 heterocycles. The summed E-state index contributed by atoms with van der Waals surface area (Å²) in [6.45, 7) is 0. The van der Waals surface area contributed by atoms with Crippen LogP contribution in [0.2, 0.25) is 0 Å². The zero-order valence-electron chi connectivity index (χ0n) is 73.7. The molecule has 9 heteroatoms. The van der Waals surface area contributed by atoms with Gasteiger partial charge in [-0.15, -0.1) is 34.0 Å². The second-order valence-corrected chi connectivity index (χ2v) is 38.6. The molecule has 9 aromatic heterocycles. The van der Waals surface area contributed by atoms with Crippen LogP contribution in [0, 0.1) is 0 Å². The number of furan rings is 3. The Hall–Kier alpha value is -17.2. The predicted octanol–water partition coefficient (Wildman–Crippen LogP) is 37.7. The molecule has 0 fully saturated rings. The maximum atomic E-state index is 6.61. The minimum Gasteiger partial charge on any atom is -0.456 e. The van der Waals surface area contributed by atoms with E-state index in [1.807, 2.05) is 34.0 Å². The second-order valence-electron chi connectivity index (χ2n) is 35.5. The Kier molecular flexibility index (Phi) is 18.2. The van der Waals surface area contributed by atoms with Crippen molar-refractivity contribution in [1.29, 1.82) is 0 Å². The van der Waals surface area contributed by atoms with Gasteiger partial charge in [0.25, 0.3) is 0 Å². The number of aromatic nitrogens is 3. The minimum atomic E-state index is 0.903. The van der Waals surface area contributed by atoms with E-state index in [-0.39, 0.29) is 0 Å². The van der Waals surface area contributed by atoms with Crippen molar-refractivity contribution in [1.82, 2.24) is 13.7 Å². The fourth-order valence-corrected chi connectivity index (χ4v) is 25.3. The molecular formula is C128H77N3O3S3. The average molecular weight is 1800 g/mol. The van der Waals surface area contributed by atoms with Crippen molar-refractivity contribution in [2.75, 3.05) is 0 Å². The highest BCUT2D eigenvalue weighted by Crippen LogP contribution is 2.52. The van der Waals surface area contributed by atoms with Crippen molar-refractivity contribution >= 4 is 215 Å². The van der Waals surface area contributed by atoms with Crippen LogP contribution in [0.5, 0.6) is 0 Å². The molecular weight excluding hydrogens is 1720 g/mol. The summed E-state index contributed by atoms with van der Waals surface area (Å²) in [5, 5.41) is 19.5. The van der Waals surface area contributed by atoms with Crippen molar-refractivity contribution < 1.29 is 13.3 Å². The van der Waals surface area contributed by atoms with E-state index in [9.17, 15) is 0 Å². The Morgan fingerprint density at radius 2 is 0.540 bits per heavy atom. The molecule has 0 saturated heterocycles. The molecule has 0 aliphatic rings. The van der Waals surface area contributed by atoms with E-state index in [4.69, 9.17) is 13.3 Å². The normalized spacial score (nSPS) is 11.9. The molecule has 0 aliphatic carbocycles. The molecule has 6 nitrogen and oxygen atoms in total. The molecule has 0 N–H and O–H groups in total. The van der Waals surface area contributed by atoms with Crippen LogP contribution in [-0.4, -0.2) is 13.7 Å². The molecule has 0 amide bonds. The van der Waals surface area contributed by atoms with E-state index in [2.05, 4.69) is 481 Å². The molecule has 21 aromatic carbocycles. The summed E-state index contributed by atoms with van der Waals surface area (Å²) in [7, 11) is 0. The van der Waals surface area contributed by atoms with Crippen LogP contribution in [0.15, 0.2) is 480 Å². The molecule has 0 saturated carbocycles. The summed E-state index contributed by atoms with van der Waals surface area (Å²) in [6, 6.07) is 168. The number of hydrogen-bond donors (Lipinski definition) is 0. The Morgan fingerprint density at radius 1 is 0.168 bits per heavy atom. The number of nitrogens with zero attached hydrogens (tertiary/aromatic N) is 3. The molecule has 30 rings (SSSR count). The first-order valence-electron chi connectivity index (χ1n) is 46.5. The minimum absolute atomic E-state index is 0.903. The molecule has 0 spiro atoms. The van der Waals surface area contributed by atoms with Crippen molar-refractivity contribution in [3.05, 3.63) is 467 Å². The largest absolute Gasteiger partial charge is 0.456 e. The molecule has 0 aliphatic heterocycles. The van der Waals surface area contributed by atoms with Gasteiger partial charge in [-0.25, -0.2) is 0 Å². The van der Waals surface area contributed by atoms with Crippen LogP contribution in [0.3, 0.4) is 0 Å². The number of para-hydroxylation sites is 7. The first-order chi connectivity index (χ1) is 67.9. The van der Waals surface area contributed by atoms with E-state index in [0.29, 0.717) is 0 Å². The van der Waals surface area contributed by atoms with Gasteiger partial charge in [0.05, 0.1) is 47.2 Å². The third-order valence-electron chi connectivity index (χ3n) is 27.8. The third-order valence-corrected chi connectivity index (χ3v) is 31.4. The van der Waals surface area contributed by atoms with Crippen LogP contribution < -0.4 is 0 Å². The van der Waals surface area contributed by atoms with Gasteiger partial charge in [0, 0.05) is 101 Å². The summed E-state index contributed by atoms with van der Waals surface area (Å²) in [5.41, 5.74) is 33.2. The maximum absolute atomic E-state index is 6.61. The van der Waals surface area contributed by atoms with Crippen LogP contribution >= 0.6 is 34.0 Å². The number of fused-ring (bicyclic) bond motifs is 27. The van der Waals surface area contributed by atoms with Crippen molar-refractivity contribution in [3.63, 3.8) is 0 Å². The third kappa shape index (κ3) is 12.7. The van der Waals surface area contributed by atoms with Gasteiger partial charge in [-0.1, -0.05) is 334 Å². The predicted molar refractivity (Wildman–Crippen MR) is 583 cm³/mol. The monoisotopic (exact) mass is 1800 g/mol. The zero-order valence-corrected chi connectivity index (χ0v) is 76.2. The fourth-order valence-electron chi connectivity index (χ4n) is 21.7. The number of rotatable bonds is 10. The zero-order chi connectivity index (χ0) is 89.9. The van der Waals surface area contributed by atoms with Gasteiger partial charge in [-0.05, 0) is 227 Å². The molecule has 0 unspecified atom stereocenters. The number of hydrogen-bond acceptors (Lipinski definition) is 6. The fraction of sp³-hybridized carbons (Fsp3) is 0. The van der Waals surface area contributed by atoms with Crippen LogP contribution in [0.25, 0.3) is 276 Å². The lowest BCUT2D eigenvalue weighted by atomic mass is 9.91. The van der Waals surface area contributed by atoms with Gasteiger partial charge in [-0.3, -0.25) is 0 Å². The van der Waals surface area contributed by atoms with Gasteiger partial charge >= 0.3 is 0 Å². The maximum Gasteiger partial charge on any atom is 0.143 e. The lowest BCUT2D eigenvalue weighted by Gasteiger charge is -2.12. The summed E-state index contributed by atoms with van der Waals surface area (Å²) >= 11 is 5.65. The molecule has 0 radical (unpaired) electrons.